The highest BCUT2D eigenvalue weighted by molar-refractivity contribution is 7.11. The third kappa shape index (κ3) is 4.45. The second-order valence-corrected chi connectivity index (χ2v) is 6.80. The van der Waals surface area contributed by atoms with Crippen molar-refractivity contribution in [3.8, 4) is 5.75 Å². The Balaban J connectivity index is 1.90. The summed E-state index contributed by atoms with van der Waals surface area (Å²) in [6, 6.07) is 5.40. The fourth-order valence-electron chi connectivity index (χ4n) is 2.03. The van der Waals surface area contributed by atoms with E-state index < -0.39 is 0 Å². The number of carbonyl (C=O) groups is 1. The molecule has 1 aromatic carbocycles. The molecule has 1 heterocycles. The average molecular weight is 339 g/mol. The van der Waals surface area contributed by atoms with Crippen LogP contribution in [-0.4, -0.2) is 36.5 Å². The van der Waals surface area contributed by atoms with E-state index >= 15 is 0 Å². The first-order valence-corrected chi connectivity index (χ1v) is 8.16. The molecular formula is C16H19ClN2O2S. The Hall–Kier alpha value is -1.59. The average Bonchev–Trinajstić information content (AvgIpc) is 2.92. The number of nitrogens with zero attached hydrogens (tertiary/aromatic N) is 2. The summed E-state index contributed by atoms with van der Waals surface area (Å²) < 4.78 is 5.17. The molecule has 0 saturated heterocycles. The standard InChI is InChI=1S/C16H19ClN2O2S/c1-11-10-18-15(22-11)6-7-19(2)16(20)9-12-4-5-13(17)14(8-12)21-3/h4-5,8,10H,6-7,9H2,1-3H3. The lowest BCUT2D eigenvalue weighted by Crippen LogP contribution is -2.30. The maximum Gasteiger partial charge on any atom is 0.226 e. The van der Waals surface area contributed by atoms with Crippen LogP contribution in [0, 0.1) is 6.92 Å². The van der Waals surface area contributed by atoms with Crippen LogP contribution in [0.25, 0.3) is 0 Å². The van der Waals surface area contributed by atoms with E-state index in [2.05, 4.69) is 4.98 Å². The van der Waals surface area contributed by atoms with Crippen molar-refractivity contribution in [2.45, 2.75) is 19.8 Å². The number of benzene rings is 1. The van der Waals surface area contributed by atoms with Crippen LogP contribution in [0.1, 0.15) is 15.4 Å². The molecule has 0 aliphatic heterocycles. The van der Waals surface area contributed by atoms with E-state index in [1.807, 2.05) is 26.2 Å². The van der Waals surface area contributed by atoms with Gasteiger partial charge in [-0.05, 0) is 24.6 Å². The van der Waals surface area contributed by atoms with E-state index in [0.29, 0.717) is 23.7 Å². The molecule has 2 aromatic rings. The van der Waals surface area contributed by atoms with Crippen LogP contribution < -0.4 is 4.74 Å². The van der Waals surface area contributed by atoms with E-state index in [0.717, 1.165) is 17.0 Å². The van der Waals surface area contributed by atoms with Crippen LogP contribution in [0.2, 0.25) is 5.02 Å². The number of thiazole rings is 1. The predicted octanol–water partition coefficient (Wildman–Crippen LogP) is 3.36. The number of rotatable bonds is 6. The van der Waals surface area contributed by atoms with Gasteiger partial charge in [-0.2, -0.15) is 0 Å². The highest BCUT2D eigenvalue weighted by Crippen LogP contribution is 2.25. The molecule has 0 saturated carbocycles. The number of likely N-dealkylation sites (N-methyl/N-ethyl adjacent to an activating group) is 1. The van der Waals surface area contributed by atoms with E-state index in [9.17, 15) is 4.79 Å². The third-order valence-electron chi connectivity index (χ3n) is 3.33. The van der Waals surface area contributed by atoms with Crippen LogP contribution in [-0.2, 0) is 17.6 Å². The van der Waals surface area contributed by atoms with E-state index in [4.69, 9.17) is 16.3 Å². The summed E-state index contributed by atoms with van der Waals surface area (Å²) in [4.78, 5) is 19.5. The molecule has 2 rings (SSSR count). The van der Waals surface area contributed by atoms with Crippen molar-refractivity contribution in [3.05, 3.63) is 44.9 Å². The van der Waals surface area contributed by atoms with Gasteiger partial charge in [0.2, 0.25) is 5.91 Å². The van der Waals surface area contributed by atoms with E-state index in [-0.39, 0.29) is 5.91 Å². The minimum absolute atomic E-state index is 0.0673. The van der Waals surface area contributed by atoms with Crippen LogP contribution in [0.4, 0.5) is 0 Å². The predicted molar refractivity (Wildman–Crippen MR) is 89.9 cm³/mol. The Kier molecular flexibility index (Phi) is 5.80. The van der Waals surface area contributed by atoms with Gasteiger partial charge in [-0.15, -0.1) is 11.3 Å². The van der Waals surface area contributed by atoms with Crippen LogP contribution in [0.5, 0.6) is 5.75 Å². The molecule has 1 aromatic heterocycles. The molecular weight excluding hydrogens is 320 g/mol. The van der Waals surface area contributed by atoms with E-state index in [1.165, 1.54) is 4.88 Å². The molecule has 22 heavy (non-hydrogen) atoms. The van der Waals surface area contributed by atoms with Gasteiger partial charge in [-0.3, -0.25) is 4.79 Å². The summed E-state index contributed by atoms with van der Waals surface area (Å²) in [6.07, 6.45) is 2.98. The smallest absolute Gasteiger partial charge is 0.226 e. The first-order chi connectivity index (χ1) is 10.5. The number of aromatic nitrogens is 1. The number of methoxy groups -OCH3 is 1. The molecule has 0 atom stereocenters. The molecule has 0 unspecified atom stereocenters. The van der Waals surface area contributed by atoms with Crippen molar-refractivity contribution < 1.29 is 9.53 Å². The zero-order valence-corrected chi connectivity index (χ0v) is 14.5. The molecule has 0 aliphatic rings. The molecule has 1 amide bonds. The van der Waals surface area contributed by atoms with Crippen molar-refractivity contribution in [2.75, 3.05) is 20.7 Å². The molecule has 0 spiro atoms. The van der Waals surface area contributed by atoms with E-state index in [1.54, 1.807) is 35.5 Å². The summed E-state index contributed by atoms with van der Waals surface area (Å²) in [6.45, 7) is 2.69. The van der Waals surface area contributed by atoms with Crippen molar-refractivity contribution in [1.82, 2.24) is 9.88 Å². The number of hydrogen-bond donors (Lipinski definition) is 0. The van der Waals surface area contributed by atoms with Crippen molar-refractivity contribution in [3.63, 3.8) is 0 Å². The van der Waals surface area contributed by atoms with Crippen LogP contribution in [0.3, 0.4) is 0 Å². The van der Waals surface area contributed by atoms with Gasteiger partial charge in [0, 0.05) is 31.1 Å². The van der Waals surface area contributed by atoms with Crippen LogP contribution >= 0.6 is 22.9 Å². The lowest BCUT2D eigenvalue weighted by molar-refractivity contribution is -0.129. The summed E-state index contributed by atoms with van der Waals surface area (Å²) in [5, 5.41) is 1.61. The summed E-state index contributed by atoms with van der Waals surface area (Å²) in [5.74, 6) is 0.658. The maximum atomic E-state index is 12.3. The monoisotopic (exact) mass is 338 g/mol. The van der Waals surface area contributed by atoms with Gasteiger partial charge in [0.05, 0.1) is 23.6 Å². The Morgan fingerprint density at radius 3 is 2.86 bits per heavy atom. The highest BCUT2D eigenvalue weighted by Gasteiger charge is 2.12. The van der Waals surface area contributed by atoms with Crippen molar-refractivity contribution in [1.29, 1.82) is 0 Å². The Labute approximate surface area is 139 Å². The highest BCUT2D eigenvalue weighted by atomic mass is 35.5. The first-order valence-electron chi connectivity index (χ1n) is 6.97. The number of amides is 1. The quantitative estimate of drug-likeness (QED) is 0.811. The Bertz CT molecular complexity index is 657. The number of halogens is 1. The Morgan fingerprint density at radius 1 is 1.45 bits per heavy atom. The summed E-state index contributed by atoms with van der Waals surface area (Å²) >= 11 is 7.66. The second-order valence-electron chi connectivity index (χ2n) is 5.08. The molecule has 0 aliphatic carbocycles. The number of ether oxygens (including phenoxy) is 1. The van der Waals surface area contributed by atoms with Crippen LogP contribution in [0.15, 0.2) is 24.4 Å². The lowest BCUT2D eigenvalue weighted by atomic mass is 10.1. The van der Waals surface area contributed by atoms with Crippen molar-refractivity contribution >= 4 is 28.8 Å². The van der Waals surface area contributed by atoms with Gasteiger partial charge < -0.3 is 9.64 Å². The van der Waals surface area contributed by atoms with Gasteiger partial charge in [-0.25, -0.2) is 4.98 Å². The van der Waals surface area contributed by atoms with Gasteiger partial charge in [0.15, 0.2) is 0 Å². The second kappa shape index (κ2) is 7.61. The normalized spacial score (nSPS) is 10.5. The molecule has 0 fully saturated rings. The third-order valence-corrected chi connectivity index (χ3v) is 4.61. The minimum Gasteiger partial charge on any atom is -0.495 e. The van der Waals surface area contributed by atoms with Crippen molar-refractivity contribution in [2.24, 2.45) is 0 Å². The molecule has 6 heteroatoms. The number of hydrogen-bond acceptors (Lipinski definition) is 4. The molecule has 0 radical (unpaired) electrons. The SMILES string of the molecule is COc1cc(CC(=O)N(C)CCc2ncc(C)s2)ccc1Cl. The molecule has 0 bridgehead atoms. The fraction of sp³-hybridized carbons (Fsp3) is 0.375. The Morgan fingerprint density at radius 2 is 2.23 bits per heavy atom. The molecule has 0 N–H and O–H groups in total. The number of carbonyl (C=O) groups excluding carboxylic acids is 1. The minimum atomic E-state index is 0.0673. The lowest BCUT2D eigenvalue weighted by Gasteiger charge is -2.16. The zero-order valence-electron chi connectivity index (χ0n) is 12.9. The molecule has 118 valence electrons. The van der Waals surface area contributed by atoms with Gasteiger partial charge in [-0.1, -0.05) is 17.7 Å². The van der Waals surface area contributed by atoms with Gasteiger partial charge >= 0.3 is 0 Å². The topological polar surface area (TPSA) is 42.4 Å². The number of aryl methyl sites for hydroxylation is 1. The van der Waals surface area contributed by atoms with Gasteiger partial charge in [0.1, 0.15) is 5.75 Å². The largest absolute Gasteiger partial charge is 0.495 e. The summed E-state index contributed by atoms with van der Waals surface area (Å²) in [5.41, 5.74) is 0.892. The first kappa shape index (κ1) is 16.8. The maximum absolute atomic E-state index is 12.3. The zero-order chi connectivity index (χ0) is 16.1. The fourth-order valence-corrected chi connectivity index (χ4v) is 3.00. The summed E-state index contributed by atoms with van der Waals surface area (Å²) in [7, 11) is 3.38. The molecule has 4 nitrogen and oxygen atoms in total. The van der Waals surface area contributed by atoms with Gasteiger partial charge in [0.25, 0.3) is 0 Å².